The molecule has 7 nitrogen and oxygen atoms in total. The van der Waals surface area contributed by atoms with Crippen molar-refractivity contribution in [1.29, 1.82) is 0 Å². The molecule has 1 unspecified atom stereocenters. The minimum absolute atomic E-state index is 0.276. The van der Waals surface area contributed by atoms with Crippen LogP contribution >= 0.6 is 11.8 Å². The van der Waals surface area contributed by atoms with Crippen molar-refractivity contribution in [3.63, 3.8) is 0 Å². The Bertz CT molecular complexity index is 266. The lowest BCUT2D eigenvalue weighted by atomic mass is 10.2. The van der Waals surface area contributed by atoms with Crippen LogP contribution in [0.2, 0.25) is 0 Å². The highest BCUT2D eigenvalue weighted by molar-refractivity contribution is 7.98. The molecule has 0 aliphatic heterocycles. The van der Waals surface area contributed by atoms with Crippen molar-refractivity contribution in [2.75, 3.05) is 24.0 Å². The molecule has 0 fully saturated rings. The third kappa shape index (κ3) is 15.5. The molecule has 0 rings (SSSR count). The number of hydrogen-bond acceptors (Lipinski definition) is 6. The maximum absolute atomic E-state index is 10.4. The van der Waals surface area contributed by atoms with Gasteiger partial charge in [0.1, 0.15) is 17.8 Å². The normalized spacial score (nSPS) is 14.8. The number of carbonyl (C=O) groups is 2. The number of nitrogens with two attached hydrogens (primary N) is 2. The third-order valence-electron chi connectivity index (χ3n) is 1.98. The molecule has 0 aromatic rings. The van der Waals surface area contributed by atoms with Crippen molar-refractivity contribution in [2.45, 2.75) is 24.9 Å². The molecule has 19 heavy (non-hydrogen) atoms. The quantitative estimate of drug-likeness (QED) is 0.430. The average molecular weight is 314 g/mol. The summed E-state index contributed by atoms with van der Waals surface area (Å²) in [4.78, 5) is 20.2. The number of carboxylic acids is 2. The van der Waals surface area contributed by atoms with E-state index in [-0.39, 0.29) is 6.42 Å². The third-order valence-corrected chi connectivity index (χ3v) is 3.44. The second-order valence-corrected chi connectivity index (χ2v) is 6.28. The van der Waals surface area contributed by atoms with E-state index in [0.717, 1.165) is 5.75 Å². The lowest BCUT2D eigenvalue weighted by Crippen LogP contribution is -2.32. The van der Waals surface area contributed by atoms with Gasteiger partial charge in [-0.05, 0) is 18.4 Å². The molecular weight excluding hydrogens is 292 g/mol. The van der Waals surface area contributed by atoms with Gasteiger partial charge >= 0.3 is 11.9 Å². The monoisotopic (exact) mass is 314 g/mol. The highest BCUT2D eigenvalue weighted by Crippen LogP contribution is 1.97. The number of aliphatic carboxylic acids is 2. The van der Waals surface area contributed by atoms with Gasteiger partial charge in [0.05, 0.1) is 6.26 Å². The van der Waals surface area contributed by atoms with E-state index < -0.39 is 35.2 Å². The van der Waals surface area contributed by atoms with Crippen LogP contribution in [-0.4, -0.2) is 62.8 Å². The second kappa shape index (κ2) is 12.5. The summed E-state index contributed by atoms with van der Waals surface area (Å²) in [5.41, 5.74) is 10.3. The Hall–Kier alpha value is -0.480. The van der Waals surface area contributed by atoms with Crippen LogP contribution in [0, 0.1) is 0 Å². The van der Waals surface area contributed by atoms with E-state index in [4.69, 9.17) is 21.7 Å². The Morgan fingerprint density at radius 1 is 1.21 bits per heavy atom. The largest absolute Gasteiger partial charge is 0.617 e. The van der Waals surface area contributed by atoms with Gasteiger partial charge in [0.15, 0.2) is 0 Å². The van der Waals surface area contributed by atoms with Crippen LogP contribution in [0.4, 0.5) is 0 Å². The average Bonchev–Trinajstić information content (AvgIpc) is 2.33. The van der Waals surface area contributed by atoms with Gasteiger partial charge in [0.25, 0.3) is 0 Å². The predicted octanol–water partition coefficient (Wildman–Crippen LogP) is -0.682. The maximum Gasteiger partial charge on any atom is 0.320 e. The van der Waals surface area contributed by atoms with Crippen molar-refractivity contribution in [3.8, 4) is 0 Å². The van der Waals surface area contributed by atoms with Gasteiger partial charge in [0, 0.05) is 6.42 Å². The minimum Gasteiger partial charge on any atom is -0.617 e. The van der Waals surface area contributed by atoms with E-state index in [1.807, 2.05) is 6.26 Å². The van der Waals surface area contributed by atoms with Crippen molar-refractivity contribution < 1.29 is 24.4 Å². The molecule has 9 heteroatoms. The standard InChI is InChI=1S/C5H11NO3S.C5H11NO2S/c1-10(9)3-2-4(6)5(7)8;1-9-3-2-4(6)5(7)8/h4H,2-3,6H2,1H3,(H,7,8);4H,2-3,6H2,1H3,(H,7,8)/t4-,10?;4-/m00/s1. The first-order chi connectivity index (χ1) is 8.72. The van der Waals surface area contributed by atoms with Crippen LogP contribution in [0.15, 0.2) is 0 Å². The van der Waals surface area contributed by atoms with Crippen molar-refractivity contribution in [3.05, 3.63) is 0 Å². The predicted molar refractivity (Wildman–Crippen MR) is 77.8 cm³/mol. The Labute approximate surface area is 120 Å². The zero-order valence-corrected chi connectivity index (χ0v) is 12.7. The summed E-state index contributed by atoms with van der Waals surface area (Å²) < 4.78 is 10.4. The SMILES string of the molecule is CSCC[C@H](N)C(=O)O.C[S+]([O-])CC[C@H](N)C(=O)O. The van der Waals surface area contributed by atoms with Gasteiger partial charge < -0.3 is 26.2 Å². The molecule has 0 saturated carbocycles. The highest BCUT2D eigenvalue weighted by Gasteiger charge is 2.12. The molecule has 0 heterocycles. The summed E-state index contributed by atoms with van der Waals surface area (Å²) in [6.45, 7) is 0. The molecule has 0 aliphatic carbocycles. The second-order valence-electron chi connectivity index (χ2n) is 3.74. The van der Waals surface area contributed by atoms with Gasteiger partial charge in [-0.3, -0.25) is 9.59 Å². The fraction of sp³-hybridized carbons (Fsp3) is 0.800. The van der Waals surface area contributed by atoms with Crippen LogP contribution < -0.4 is 11.5 Å². The fourth-order valence-corrected chi connectivity index (χ4v) is 1.86. The molecule has 3 atom stereocenters. The van der Waals surface area contributed by atoms with Gasteiger partial charge in [-0.2, -0.15) is 11.8 Å². The molecule has 0 radical (unpaired) electrons. The molecule has 114 valence electrons. The summed E-state index contributed by atoms with van der Waals surface area (Å²) in [5.74, 6) is -0.782. The Kier molecular flexibility index (Phi) is 13.8. The van der Waals surface area contributed by atoms with Gasteiger partial charge in [-0.15, -0.1) is 0 Å². The lowest BCUT2D eigenvalue weighted by Gasteiger charge is -2.06. The zero-order chi connectivity index (χ0) is 15.4. The molecule has 0 saturated heterocycles. The molecule has 0 aromatic heterocycles. The van der Waals surface area contributed by atoms with Crippen LogP contribution in [-0.2, 0) is 20.8 Å². The smallest absolute Gasteiger partial charge is 0.320 e. The first kappa shape index (κ1) is 20.8. The highest BCUT2D eigenvalue weighted by atomic mass is 32.2. The minimum atomic E-state index is -1.04. The maximum atomic E-state index is 10.4. The molecule has 0 amide bonds. The molecule has 0 aliphatic rings. The summed E-state index contributed by atoms with van der Waals surface area (Å²) in [7, 11) is 0. The first-order valence-electron chi connectivity index (χ1n) is 5.48. The molecule has 6 N–H and O–H groups in total. The lowest BCUT2D eigenvalue weighted by molar-refractivity contribution is -0.139. The van der Waals surface area contributed by atoms with E-state index >= 15 is 0 Å². The van der Waals surface area contributed by atoms with Crippen molar-refractivity contribution >= 4 is 34.9 Å². The van der Waals surface area contributed by atoms with Crippen LogP contribution in [0.1, 0.15) is 12.8 Å². The molecular formula is C10H22N2O5S2. The van der Waals surface area contributed by atoms with E-state index in [1.54, 1.807) is 11.8 Å². The fourth-order valence-electron chi connectivity index (χ4n) is 0.785. The van der Waals surface area contributed by atoms with E-state index in [2.05, 4.69) is 0 Å². The summed E-state index contributed by atoms with van der Waals surface area (Å²) >= 11 is 0.658. The topological polar surface area (TPSA) is 150 Å². The van der Waals surface area contributed by atoms with E-state index in [9.17, 15) is 14.1 Å². The summed E-state index contributed by atoms with van der Waals surface area (Å²) in [6.07, 6.45) is 4.28. The Balaban J connectivity index is 0. The van der Waals surface area contributed by atoms with E-state index in [0.29, 0.717) is 12.2 Å². The van der Waals surface area contributed by atoms with Crippen LogP contribution in [0.3, 0.4) is 0 Å². The van der Waals surface area contributed by atoms with Gasteiger partial charge in [0.2, 0.25) is 0 Å². The van der Waals surface area contributed by atoms with Gasteiger partial charge in [-0.25, -0.2) is 0 Å². The first-order valence-corrected chi connectivity index (χ1v) is 8.60. The number of rotatable bonds is 8. The molecule has 0 bridgehead atoms. The van der Waals surface area contributed by atoms with Crippen LogP contribution in [0.25, 0.3) is 0 Å². The van der Waals surface area contributed by atoms with E-state index in [1.165, 1.54) is 6.26 Å². The summed E-state index contributed by atoms with van der Waals surface area (Å²) in [6, 6.07) is -1.55. The van der Waals surface area contributed by atoms with Crippen LogP contribution in [0.5, 0.6) is 0 Å². The summed E-state index contributed by atoms with van der Waals surface area (Å²) in [5, 5.41) is 16.5. The Morgan fingerprint density at radius 2 is 1.63 bits per heavy atom. The number of thioether (sulfide) groups is 1. The Morgan fingerprint density at radius 3 is 1.95 bits per heavy atom. The number of carboxylic acid groups (broad SMARTS) is 2. The molecule has 0 spiro atoms. The number of hydrogen-bond donors (Lipinski definition) is 4. The zero-order valence-electron chi connectivity index (χ0n) is 11.1. The van der Waals surface area contributed by atoms with Crippen molar-refractivity contribution in [1.82, 2.24) is 0 Å². The van der Waals surface area contributed by atoms with Gasteiger partial charge in [-0.1, -0.05) is 11.2 Å². The molecule has 0 aromatic carbocycles. The van der Waals surface area contributed by atoms with Crippen molar-refractivity contribution in [2.24, 2.45) is 11.5 Å².